The summed E-state index contributed by atoms with van der Waals surface area (Å²) in [5.74, 6) is -0.387. The van der Waals surface area contributed by atoms with Crippen molar-refractivity contribution in [3.8, 4) is 0 Å². The van der Waals surface area contributed by atoms with Crippen LogP contribution in [0.5, 0.6) is 0 Å². The van der Waals surface area contributed by atoms with E-state index in [1.165, 1.54) is 24.3 Å². The van der Waals surface area contributed by atoms with Crippen molar-refractivity contribution in [1.82, 2.24) is 4.72 Å². The molecule has 112 valence electrons. The van der Waals surface area contributed by atoms with Crippen molar-refractivity contribution in [3.05, 3.63) is 59.9 Å². The first-order chi connectivity index (χ1) is 10.0. The lowest BCUT2D eigenvalue weighted by molar-refractivity contribution is 0.580. The van der Waals surface area contributed by atoms with Crippen molar-refractivity contribution in [2.24, 2.45) is 0 Å². The predicted octanol–water partition coefficient (Wildman–Crippen LogP) is 2.74. The molecule has 2 aromatic carbocycles. The topological polar surface area (TPSA) is 58.2 Å². The second-order valence-electron chi connectivity index (χ2n) is 4.51. The predicted molar refractivity (Wildman–Crippen MR) is 81.0 cm³/mol. The molecule has 0 amide bonds. The highest BCUT2D eigenvalue weighted by atomic mass is 32.2. The van der Waals surface area contributed by atoms with Crippen LogP contribution in [0.25, 0.3) is 0 Å². The fraction of sp³-hybridized carbons (Fsp3) is 0.200. The van der Waals surface area contributed by atoms with Crippen molar-refractivity contribution < 1.29 is 12.8 Å². The van der Waals surface area contributed by atoms with E-state index in [1.807, 2.05) is 6.92 Å². The first-order valence-corrected chi connectivity index (χ1v) is 8.07. The average molecular weight is 308 g/mol. The van der Waals surface area contributed by atoms with E-state index in [0.29, 0.717) is 5.56 Å². The Labute approximate surface area is 124 Å². The molecule has 0 radical (unpaired) electrons. The molecule has 0 atom stereocenters. The van der Waals surface area contributed by atoms with Gasteiger partial charge in [-0.05, 0) is 48.9 Å². The van der Waals surface area contributed by atoms with Gasteiger partial charge in [-0.15, -0.1) is 0 Å². The molecule has 0 saturated heterocycles. The van der Waals surface area contributed by atoms with E-state index >= 15 is 0 Å². The summed E-state index contributed by atoms with van der Waals surface area (Å²) < 4.78 is 39.8. The third-order valence-corrected chi connectivity index (χ3v) is 4.32. The minimum absolute atomic E-state index is 0.0506. The maximum absolute atomic E-state index is 13.0. The van der Waals surface area contributed by atoms with Crippen molar-refractivity contribution in [2.75, 3.05) is 11.9 Å². The van der Waals surface area contributed by atoms with Crippen molar-refractivity contribution in [2.45, 2.75) is 18.4 Å². The number of nitrogens with one attached hydrogen (secondary N) is 2. The van der Waals surface area contributed by atoms with E-state index in [4.69, 9.17) is 0 Å². The summed E-state index contributed by atoms with van der Waals surface area (Å²) in [4.78, 5) is 0.181. The Morgan fingerprint density at radius 3 is 2.43 bits per heavy atom. The first-order valence-electron chi connectivity index (χ1n) is 6.59. The smallest absolute Gasteiger partial charge is 0.240 e. The number of rotatable bonds is 6. The molecule has 0 aliphatic rings. The van der Waals surface area contributed by atoms with Gasteiger partial charge in [0.2, 0.25) is 10.0 Å². The van der Waals surface area contributed by atoms with Gasteiger partial charge in [-0.2, -0.15) is 0 Å². The monoisotopic (exact) mass is 308 g/mol. The largest absolute Gasteiger partial charge is 0.385 e. The van der Waals surface area contributed by atoms with Gasteiger partial charge >= 0.3 is 0 Å². The Hall–Kier alpha value is -1.92. The summed E-state index contributed by atoms with van der Waals surface area (Å²) in [5.41, 5.74) is 1.43. The maximum Gasteiger partial charge on any atom is 0.240 e. The molecule has 0 aliphatic carbocycles. The molecule has 0 aliphatic heterocycles. The summed E-state index contributed by atoms with van der Waals surface area (Å²) >= 11 is 0. The van der Waals surface area contributed by atoms with Gasteiger partial charge in [-0.3, -0.25) is 0 Å². The van der Waals surface area contributed by atoms with Gasteiger partial charge in [-0.25, -0.2) is 17.5 Å². The molecule has 2 rings (SSSR count). The number of benzene rings is 2. The molecule has 0 spiro atoms. The summed E-state index contributed by atoms with van der Waals surface area (Å²) in [7, 11) is -3.60. The number of sulfonamides is 1. The summed E-state index contributed by atoms with van der Waals surface area (Å²) in [6, 6.07) is 12.3. The highest BCUT2D eigenvalue weighted by Crippen LogP contribution is 2.14. The molecular weight excluding hydrogens is 291 g/mol. The van der Waals surface area contributed by atoms with Crippen LogP contribution in [0.1, 0.15) is 12.5 Å². The van der Waals surface area contributed by atoms with E-state index < -0.39 is 10.0 Å². The Kier molecular flexibility index (Phi) is 4.93. The molecule has 21 heavy (non-hydrogen) atoms. The lowest BCUT2D eigenvalue weighted by atomic mass is 10.2. The molecule has 2 aromatic rings. The standard InChI is InChI=1S/C15H17FN2O2S/c1-2-17-14-6-8-15(9-7-14)21(19,20)18-11-12-4-3-5-13(16)10-12/h3-10,17-18H,2,11H2,1H3. The molecule has 0 bridgehead atoms. The van der Waals surface area contributed by atoms with Crippen LogP contribution < -0.4 is 10.0 Å². The second-order valence-corrected chi connectivity index (χ2v) is 6.28. The van der Waals surface area contributed by atoms with Gasteiger partial charge in [0.25, 0.3) is 0 Å². The normalized spacial score (nSPS) is 11.3. The molecule has 0 unspecified atom stereocenters. The quantitative estimate of drug-likeness (QED) is 0.862. The number of halogens is 1. The fourth-order valence-corrected chi connectivity index (χ4v) is 2.88. The zero-order chi connectivity index (χ0) is 15.3. The highest BCUT2D eigenvalue weighted by molar-refractivity contribution is 7.89. The van der Waals surface area contributed by atoms with Crippen molar-refractivity contribution in [3.63, 3.8) is 0 Å². The average Bonchev–Trinajstić information content (AvgIpc) is 2.46. The molecule has 0 fully saturated rings. The van der Waals surface area contributed by atoms with Crippen LogP contribution >= 0.6 is 0 Å². The van der Waals surface area contributed by atoms with Crippen molar-refractivity contribution in [1.29, 1.82) is 0 Å². The zero-order valence-corrected chi connectivity index (χ0v) is 12.5. The molecule has 0 aromatic heterocycles. The van der Waals surface area contributed by atoms with Gasteiger partial charge < -0.3 is 5.32 Å². The van der Waals surface area contributed by atoms with Crippen LogP contribution in [0.15, 0.2) is 53.4 Å². The molecular formula is C15H17FN2O2S. The molecule has 0 heterocycles. The first kappa shape index (κ1) is 15.5. The van der Waals surface area contributed by atoms with E-state index in [0.717, 1.165) is 12.2 Å². The van der Waals surface area contributed by atoms with Crippen LogP contribution in [0.4, 0.5) is 10.1 Å². The summed E-state index contributed by atoms with van der Waals surface area (Å²) in [6.45, 7) is 2.78. The number of anilines is 1. The third-order valence-electron chi connectivity index (χ3n) is 2.90. The third kappa shape index (κ3) is 4.27. The maximum atomic E-state index is 13.0. The number of hydrogen-bond acceptors (Lipinski definition) is 3. The van der Waals surface area contributed by atoms with Crippen LogP contribution in [-0.2, 0) is 16.6 Å². The Bertz CT molecular complexity index is 700. The lowest BCUT2D eigenvalue weighted by Gasteiger charge is -2.08. The molecule has 0 saturated carbocycles. The summed E-state index contributed by atoms with van der Waals surface area (Å²) in [5, 5.41) is 3.09. The second kappa shape index (κ2) is 6.69. The van der Waals surface area contributed by atoms with Crippen molar-refractivity contribution >= 4 is 15.7 Å². The highest BCUT2D eigenvalue weighted by Gasteiger charge is 2.13. The van der Waals surface area contributed by atoms with E-state index in [2.05, 4.69) is 10.0 Å². The van der Waals surface area contributed by atoms with Gasteiger partial charge in [-0.1, -0.05) is 12.1 Å². The van der Waals surface area contributed by atoms with Crippen LogP contribution in [0.2, 0.25) is 0 Å². The Balaban J connectivity index is 2.07. The summed E-state index contributed by atoms with van der Waals surface area (Å²) in [6.07, 6.45) is 0. The lowest BCUT2D eigenvalue weighted by Crippen LogP contribution is -2.23. The van der Waals surface area contributed by atoms with Crippen LogP contribution in [0, 0.1) is 5.82 Å². The minimum Gasteiger partial charge on any atom is -0.385 e. The molecule has 2 N–H and O–H groups in total. The van der Waals surface area contributed by atoms with Gasteiger partial charge in [0, 0.05) is 18.8 Å². The fourth-order valence-electron chi connectivity index (χ4n) is 1.86. The van der Waals surface area contributed by atoms with E-state index in [1.54, 1.807) is 24.3 Å². The Morgan fingerprint density at radius 1 is 1.10 bits per heavy atom. The van der Waals surface area contributed by atoms with E-state index in [-0.39, 0.29) is 17.3 Å². The van der Waals surface area contributed by atoms with Gasteiger partial charge in [0.15, 0.2) is 0 Å². The minimum atomic E-state index is -3.60. The molecule has 6 heteroatoms. The van der Waals surface area contributed by atoms with Gasteiger partial charge in [0.1, 0.15) is 5.82 Å². The zero-order valence-electron chi connectivity index (χ0n) is 11.6. The SMILES string of the molecule is CCNc1ccc(S(=O)(=O)NCc2cccc(F)c2)cc1. The molecule has 4 nitrogen and oxygen atoms in total. The van der Waals surface area contributed by atoms with Gasteiger partial charge in [0.05, 0.1) is 4.90 Å². The van der Waals surface area contributed by atoms with Crippen LogP contribution in [0.3, 0.4) is 0 Å². The Morgan fingerprint density at radius 2 is 1.81 bits per heavy atom. The number of hydrogen-bond donors (Lipinski definition) is 2. The van der Waals surface area contributed by atoms with E-state index in [9.17, 15) is 12.8 Å². The van der Waals surface area contributed by atoms with Crippen LogP contribution in [-0.4, -0.2) is 15.0 Å².